The van der Waals surface area contributed by atoms with Gasteiger partial charge >= 0.3 is 0 Å². The zero-order valence-corrected chi connectivity index (χ0v) is 14.7. The van der Waals surface area contributed by atoms with E-state index >= 15 is 0 Å². The zero-order chi connectivity index (χ0) is 15.3. The molecule has 5 fully saturated rings. The van der Waals surface area contributed by atoms with Crippen LogP contribution in [0.4, 0.5) is 0 Å². The first-order chi connectivity index (χ1) is 11.4. The molecule has 2 N–H and O–H groups in total. The van der Waals surface area contributed by atoms with Gasteiger partial charge in [-0.15, -0.1) is 0 Å². The van der Waals surface area contributed by atoms with Crippen molar-refractivity contribution >= 4 is 0 Å². The lowest BCUT2D eigenvalue weighted by molar-refractivity contribution is -0.117. The standard InChI is InChI=1S/C20H35N3/c1-3-9-21-18(8-1)20-13-16(12-15-6-5-10-22-19(15)20)17-7-2-4-11-23(17)14-20/h15-19,21-22H,1-14H2/t15-,16+,17-,18-,19-,20-/m0/s1. The Morgan fingerprint density at radius 2 is 1.74 bits per heavy atom. The minimum atomic E-state index is 0.530. The summed E-state index contributed by atoms with van der Waals surface area (Å²) in [4.78, 5) is 2.94. The number of hydrogen-bond donors (Lipinski definition) is 2. The summed E-state index contributed by atoms with van der Waals surface area (Å²) in [6.45, 7) is 5.30. The Morgan fingerprint density at radius 1 is 0.826 bits per heavy atom. The Labute approximate surface area is 142 Å². The van der Waals surface area contributed by atoms with Gasteiger partial charge in [-0.1, -0.05) is 12.8 Å². The second-order valence-corrected chi connectivity index (χ2v) is 9.30. The maximum Gasteiger partial charge on any atom is 0.0179 e. The van der Waals surface area contributed by atoms with Crippen LogP contribution in [0.15, 0.2) is 0 Å². The van der Waals surface area contributed by atoms with Gasteiger partial charge in [0.15, 0.2) is 0 Å². The summed E-state index contributed by atoms with van der Waals surface area (Å²) in [5.41, 5.74) is 0.530. The second kappa shape index (κ2) is 6.00. The van der Waals surface area contributed by atoms with Crippen LogP contribution in [-0.4, -0.2) is 49.2 Å². The van der Waals surface area contributed by atoms with Gasteiger partial charge in [-0.2, -0.15) is 0 Å². The summed E-state index contributed by atoms with van der Waals surface area (Å²) in [7, 11) is 0. The summed E-state index contributed by atoms with van der Waals surface area (Å²) in [5, 5.41) is 8.04. The topological polar surface area (TPSA) is 27.3 Å². The van der Waals surface area contributed by atoms with E-state index < -0.39 is 0 Å². The van der Waals surface area contributed by atoms with Gasteiger partial charge in [0, 0.05) is 30.1 Å². The quantitative estimate of drug-likeness (QED) is 0.779. The molecule has 3 nitrogen and oxygen atoms in total. The van der Waals surface area contributed by atoms with Crippen molar-refractivity contribution in [2.45, 2.75) is 82.3 Å². The lowest BCUT2D eigenvalue weighted by atomic mass is 9.52. The van der Waals surface area contributed by atoms with Gasteiger partial charge in [0.2, 0.25) is 0 Å². The summed E-state index contributed by atoms with van der Waals surface area (Å²) in [6.07, 6.45) is 14.6. The Hall–Kier alpha value is -0.120. The predicted molar refractivity (Wildman–Crippen MR) is 94.5 cm³/mol. The molecule has 23 heavy (non-hydrogen) atoms. The van der Waals surface area contributed by atoms with E-state index in [9.17, 15) is 0 Å². The molecule has 130 valence electrons. The van der Waals surface area contributed by atoms with Crippen molar-refractivity contribution in [3.05, 3.63) is 0 Å². The Balaban J connectivity index is 1.50. The molecular weight excluding hydrogens is 282 g/mol. The second-order valence-electron chi connectivity index (χ2n) is 9.30. The molecule has 4 heterocycles. The van der Waals surface area contributed by atoms with Crippen molar-refractivity contribution in [3.8, 4) is 0 Å². The van der Waals surface area contributed by atoms with Gasteiger partial charge in [-0.3, -0.25) is 4.90 Å². The lowest BCUT2D eigenvalue weighted by Crippen LogP contribution is -2.72. The first kappa shape index (κ1) is 15.2. The molecule has 0 amide bonds. The van der Waals surface area contributed by atoms with Crippen LogP contribution < -0.4 is 10.6 Å². The fourth-order valence-electron chi connectivity index (χ4n) is 7.36. The van der Waals surface area contributed by atoms with Crippen molar-refractivity contribution in [2.24, 2.45) is 17.3 Å². The summed E-state index contributed by atoms with van der Waals surface area (Å²) < 4.78 is 0. The maximum absolute atomic E-state index is 4.04. The number of nitrogens with one attached hydrogen (secondary N) is 2. The predicted octanol–water partition coefficient (Wildman–Crippen LogP) is 2.76. The number of nitrogens with zero attached hydrogens (tertiary/aromatic N) is 1. The highest BCUT2D eigenvalue weighted by atomic mass is 15.2. The smallest absolute Gasteiger partial charge is 0.0179 e. The van der Waals surface area contributed by atoms with Gasteiger partial charge in [0.05, 0.1) is 0 Å². The van der Waals surface area contributed by atoms with E-state index in [1.807, 2.05) is 0 Å². The molecule has 0 aromatic heterocycles. The molecule has 0 unspecified atom stereocenters. The van der Waals surface area contributed by atoms with Gasteiger partial charge in [-0.25, -0.2) is 0 Å². The van der Waals surface area contributed by atoms with E-state index in [1.165, 1.54) is 90.4 Å². The minimum absolute atomic E-state index is 0.530. The Bertz CT molecular complexity index is 431. The van der Waals surface area contributed by atoms with Crippen molar-refractivity contribution in [1.29, 1.82) is 0 Å². The highest BCUT2D eigenvalue weighted by Gasteiger charge is 2.58. The van der Waals surface area contributed by atoms with E-state index in [2.05, 4.69) is 15.5 Å². The third-order valence-electron chi connectivity index (χ3n) is 8.16. The van der Waals surface area contributed by atoms with E-state index in [0.717, 1.165) is 30.0 Å². The van der Waals surface area contributed by atoms with E-state index in [4.69, 9.17) is 0 Å². The van der Waals surface area contributed by atoms with Crippen LogP contribution in [0.25, 0.3) is 0 Å². The third-order valence-corrected chi connectivity index (χ3v) is 8.16. The van der Waals surface area contributed by atoms with Crippen LogP contribution in [0.1, 0.15) is 64.2 Å². The van der Waals surface area contributed by atoms with Crippen LogP contribution in [0.5, 0.6) is 0 Å². The van der Waals surface area contributed by atoms with Crippen LogP contribution in [0.2, 0.25) is 0 Å². The molecule has 2 bridgehead atoms. The van der Waals surface area contributed by atoms with Crippen molar-refractivity contribution in [3.63, 3.8) is 0 Å². The molecule has 0 aromatic carbocycles. The number of fused-ring (bicyclic) bond motifs is 6. The number of rotatable bonds is 1. The van der Waals surface area contributed by atoms with Gasteiger partial charge in [0.25, 0.3) is 0 Å². The summed E-state index contributed by atoms with van der Waals surface area (Å²) in [6, 6.07) is 2.51. The molecule has 0 aromatic rings. The van der Waals surface area contributed by atoms with Gasteiger partial charge in [0.1, 0.15) is 0 Å². The average molecular weight is 318 g/mol. The van der Waals surface area contributed by atoms with E-state index in [-0.39, 0.29) is 0 Å². The molecule has 5 rings (SSSR count). The van der Waals surface area contributed by atoms with Crippen molar-refractivity contribution in [1.82, 2.24) is 15.5 Å². The molecule has 0 spiro atoms. The van der Waals surface area contributed by atoms with E-state index in [0.29, 0.717) is 5.41 Å². The zero-order valence-electron chi connectivity index (χ0n) is 14.7. The van der Waals surface area contributed by atoms with Gasteiger partial charge in [-0.05, 0) is 82.8 Å². The van der Waals surface area contributed by atoms with E-state index in [1.54, 1.807) is 0 Å². The number of hydrogen-bond acceptors (Lipinski definition) is 3. The molecule has 3 heteroatoms. The molecule has 0 radical (unpaired) electrons. The van der Waals surface area contributed by atoms with Crippen LogP contribution in [-0.2, 0) is 0 Å². The van der Waals surface area contributed by atoms with Crippen LogP contribution in [0.3, 0.4) is 0 Å². The molecule has 4 aliphatic heterocycles. The SMILES string of the molecule is C1CC[C@@H]([C@@]23C[C@@H](C[C@@H]4CCCN[C@@H]42)[C@@H]2CCCCN2C3)NC1. The summed E-state index contributed by atoms with van der Waals surface area (Å²) >= 11 is 0. The first-order valence-electron chi connectivity index (χ1n) is 10.6. The maximum atomic E-state index is 4.04. The molecule has 1 aliphatic carbocycles. The fraction of sp³-hybridized carbons (Fsp3) is 1.00. The third kappa shape index (κ3) is 2.41. The minimum Gasteiger partial charge on any atom is -0.313 e. The highest BCUT2D eigenvalue weighted by molar-refractivity contribution is 5.14. The number of piperidine rings is 4. The van der Waals surface area contributed by atoms with Crippen molar-refractivity contribution in [2.75, 3.05) is 26.2 Å². The molecular formula is C20H35N3. The lowest BCUT2D eigenvalue weighted by Gasteiger charge is -2.64. The van der Waals surface area contributed by atoms with Gasteiger partial charge < -0.3 is 10.6 Å². The molecule has 5 aliphatic rings. The fourth-order valence-corrected chi connectivity index (χ4v) is 7.36. The Kier molecular flexibility index (Phi) is 3.95. The largest absolute Gasteiger partial charge is 0.313 e. The van der Waals surface area contributed by atoms with Crippen LogP contribution >= 0.6 is 0 Å². The molecule has 6 atom stereocenters. The molecule has 1 saturated carbocycles. The molecule has 4 saturated heterocycles. The highest BCUT2D eigenvalue weighted by Crippen LogP contribution is 2.55. The summed E-state index contributed by atoms with van der Waals surface area (Å²) in [5.74, 6) is 1.96. The normalized spacial score (nSPS) is 50.9. The Morgan fingerprint density at radius 3 is 2.65 bits per heavy atom. The average Bonchev–Trinajstić information content (AvgIpc) is 2.63. The first-order valence-corrected chi connectivity index (χ1v) is 10.6. The van der Waals surface area contributed by atoms with Crippen LogP contribution in [0, 0.1) is 17.3 Å². The monoisotopic (exact) mass is 317 g/mol. The van der Waals surface area contributed by atoms with Crippen molar-refractivity contribution < 1.29 is 0 Å².